The standard InChI is InChI=1S/C63H89N5O13S/c1-12-61(4,5)56(70)57(71)68-35-17-16-24-51(68)58(72)81-53(31-25-45-26-32-54(77-10)55(39-45)78-11)46-22-18-23-48(40-46)79-37-34-65-59(73)63(8,9)62(6,7)33-19-36-80-60(74)66-50(38-44-20-14-13-15-21-44)52(69)42-67(41-43(2)3)82(75,76)49-29-27-47(64)28-30-49/h13-15,18,20-23,26-30,32,39-40,43,50-53,69H,12,16-17,19,24-25,31,33-38,41-42,64H2,1-11H3,(H,65,73)(H,66,74). The highest BCUT2D eigenvalue weighted by atomic mass is 32.2. The SMILES string of the molecule is CCC(C)(C)C(=O)C(=O)N1CCCCC1C(=O)OC(CCc1ccc(OC)c(OC)c1)c1cccc(OCCNC(=O)C(C)(C)C(C)(C)CCCOC(=O)NC(Cc2ccccc2)C(O)CN(CC(C)C)S(=O)(=O)c2ccc(N)cc2)c1. The molecule has 1 saturated heterocycles. The van der Waals surface area contributed by atoms with Gasteiger partial charge in [-0.3, -0.25) is 14.4 Å². The molecule has 5 N–H and O–H groups in total. The fourth-order valence-corrected chi connectivity index (χ4v) is 11.3. The number of amides is 3. The summed E-state index contributed by atoms with van der Waals surface area (Å²) < 4.78 is 58.0. The van der Waals surface area contributed by atoms with Crippen molar-refractivity contribution in [3.05, 3.63) is 114 Å². The van der Waals surface area contributed by atoms with Gasteiger partial charge >= 0.3 is 12.1 Å². The first-order chi connectivity index (χ1) is 38.7. The Balaban J connectivity index is 1.18. The lowest BCUT2D eigenvalue weighted by Gasteiger charge is -2.40. The van der Waals surface area contributed by atoms with E-state index in [0.717, 1.165) is 11.1 Å². The zero-order valence-corrected chi connectivity index (χ0v) is 50.8. The quantitative estimate of drug-likeness (QED) is 0.0159. The summed E-state index contributed by atoms with van der Waals surface area (Å²) in [5, 5.41) is 17.5. The maximum Gasteiger partial charge on any atom is 0.407 e. The molecule has 450 valence electrons. The van der Waals surface area contributed by atoms with Crippen molar-refractivity contribution in [2.45, 2.75) is 149 Å². The number of nitrogens with zero attached hydrogens (tertiary/aromatic N) is 2. The van der Waals surface area contributed by atoms with Gasteiger partial charge in [-0.05, 0) is 134 Å². The molecule has 19 heteroatoms. The van der Waals surface area contributed by atoms with Crippen LogP contribution in [0.15, 0.2) is 102 Å². The predicted octanol–water partition coefficient (Wildman–Crippen LogP) is 9.26. The summed E-state index contributed by atoms with van der Waals surface area (Å²) in [6.07, 6.45) is 1.37. The van der Waals surface area contributed by atoms with Crippen LogP contribution in [0.1, 0.15) is 130 Å². The lowest BCUT2D eigenvalue weighted by molar-refractivity contribution is -0.164. The molecule has 1 heterocycles. The van der Waals surface area contributed by atoms with E-state index in [2.05, 4.69) is 10.6 Å². The Hall–Kier alpha value is -6.70. The van der Waals surface area contributed by atoms with E-state index in [1.54, 1.807) is 46.3 Å². The molecule has 5 rings (SSSR count). The summed E-state index contributed by atoms with van der Waals surface area (Å²) >= 11 is 0. The lowest BCUT2D eigenvalue weighted by atomic mass is 9.65. The number of carbonyl (C=O) groups excluding carboxylic acids is 5. The minimum atomic E-state index is -4.03. The van der Waals surface area contributed by atoms with Crippen LogP contribution in [0.3, 0.4) is 0 Å². The number of hydrogen-bond acceptors (Lipinski definition) is 14. The maximum atomic E-state index is 14.2. The highest BCUT2D eigenvalue weighted by molar-refractivity contribution is 7.89. The van der Waals surface area contributed by atoms with Crippen molar-refractivity contribution in [1.29, 1.82) is 0 Å². The Labute approximate surface area is 486 Å². The van der Waals surface area contributed by atoms with Crippen molar-refractivity contribution in [2.75, 3.05) is 59.3 Å². The molecule has 82 heavy (non-hydrogen) atoms. The zero-order valence-electron chi connectivity index (χ0n) is 50.0. The number of anilines is 1. The van der Waals surface area contributed by atoms with Crippen LogP contribution in [-0.4, -0.2) is 124 Å². The molecule has 18 nitrogen and oxygen atoms in total. The average Bonchev–Trinajstić information content (AvgIpc) is 3.55. The van der Waals surface area contributed by atoms with Crippen molar-refractivity contribution >= 4 is 45.4 Å². The third-order valence-electron chi connectivity index (χ3n) is 16.0. The van der Waals surface area contributed by atoms with Crippen LogP contribution in [0.2, 0.25) is 0 Å². The van der Waals surface area contributed by atoms with Crippen molar-refractivity contribution in [1.82, 2.24) is 19.8 Å². The summed E-state index contributed by atoms with van der Waals surface area (Å²) in [5.74, 6) is -0.425. The topological polar surface area (TPSA) is 242 Å². The molecule has 4 aromatic carbocycles. The molecule has 0 saturated carbocycles. The van der Waals surface area contributed by atoms with Crippen LogP contribution >= 0.6 is 0 Å². The van der Waals surface area contributed by atoms with Gasteiger partial charge < -0.3 is 50.1 Å². The fourth-order valence-electron chi connectivity index (χ4n) is 9.65. The number of carbonyl (C=O) groups is 5. The number of aliphatic hydroxyl groups is 1. The lowest BCUT2D eigenvalue weighted by Crippen LogP contribution is -2.53. The minimum Gasteiger partial charge on any atom is -0.493 e. The fraction of sp³-hybridized carbons (Fsp3) is 0.540. The number of Topliss-reactive ketones (excluding diaryl/α,β-unsaturated/α-hetero) is 1. The number of methoxy groups -OCH3 is 2. The highest BCUT2D eigenvalue weighted by Gasteiger charge is 2.43. The van der Waals surface area contributed by atoms with Gasteiger partial charge in [0.2, 0.25) is 21.7 Å². The molecular formula is C63H89N5O13S. The number of nitrogens with one attached hydrogen (secondary N) is 2. The Morgan fingerprint density at radius 3 is 2.18 bits per heavy atom. The molecule has 1 aliphatic rings. The van der Waals surface area contributed by atoms with Crippen molar-refractivity contribution < 1.29 is 61.2 Å². The molecule has 0 aromatic heterocycles. The number of likely N-dealkylation sites (tertiary alicyclic amines) is 1. The molecule has 4 aromatic rings. The second-order valence-electron chi connectivity index (χ2n) is 23.4. The summed E-state index contributed by atoms with van der Waals surface area (Å²) in [6, 6.07) is 26.1. The van der Waals surface area contributed by atoms with Gasteiger partial charge in [-0.15, -0.1) is 0 Å². The van der Waals surface area contributed by atoms with Gasteiger partial charge in [-0.25, -0.2) is 18.0 Å². The van der Waals surface area contributed by atoms with E-state index in [1.807, 2.05) is 103 Å². The van der Waals surface area contributed by atoms with E-state index < -0.39 is 74.3 Å². The number of esters is 1. The van der Waals surface area contributed by atoms with Crippen LogP contribution in [0.25, 0.3) is 0 Å². The smallest absolute Gasteiger partial charge is 0.407 e. The van der Waals surface area contributed by atoms with Gasteiger partial charge in [0.15, 0.2) is 11.5 Å². The number of aliphatic hydroxyl groups excluding tert-OH is 1. The van der Waals surface area contributed by atoms with Crippen LogP contribution < -0.4 is 30.6 Å². The second kappa shape index (κ2) is 30.0. The van der Waals surface area contributed by atoms with Gasteiger partial charge in [0.1, 0.15) is 24.5 Å². The zero-order chi connectivity index (χ0) is 60.4. The molecule has 0 radical (unpaired) electrons. The van der Waals surface area contributed by atoms with E-state index in [1.165, 1.54) is 33.5 Å². The van der Waals surface area contributed by atoms with Gasteiger partial charge in [0, 0.05) is 36.2 Å². The number of benzene rings is 4. The molecule has 0 bridgehead atoms. The first kappa shape index (κ1) is 66.1. The number of ketones is 1. The molecule has 3 amide bonds. The van der Waals surface area contributed by atoms with Crippen LogP contribution in [-0.2, 0) is 51.5 Å². The van der Waals surface area contributed by atoms with Gasteiger partial charge in [0.05, 0.1) is 44.4 Å². The number of sulfonamides is 1. The Morgan fingerprint density at radius 1 is 0.829 bits per heavy atom. The predicted molar refractivity (Wildman–Crippen MR) is 316 cm³/mol. The highest BCUT2D eigenvalue weighted by Crippen LogP contribution is 2.42. The number of piperidine rings is 1. The maximum absolute atomic E-state index is 14.2. The number of nitrogen functional groups attached to an aromatic ring is 1. The number of nitrogens with two attached hydrogens (primary N) is 1. The van der Waals surface area contributed by atoms with Crippen LogP contribution in [0, 0.1) is 22.2 Å². The molecule has 1 aliphatic heterocycles. The summed E-state index contributed by atoms with van der Waals surface area (Å²) in [7, 11) is -0.908. The van der Waals surface area contributed by atoms with Crippen LogP contribution in [0.5, 0.6) is 17.2 Å². The Kier molecular flexibility index (Phi) is 24.2. The van der Waals surface area contributed by atoms with E-state index in [0.29, 0.717) is 79.9 Å². The van der Waals surface area contributed by atoms with E-state index in [9.17, 15) is 37.5 Å². The third-order valence-corrected chi connectivity index (χ3v) is 17.8. The number of ether oxygens (including phenoxy) is 5. The van der Waals surface area contributed by atoms with E-state index in [4.69, 9.17) is 29.4 Å². The van der Waals surface area contributed by atoms with Crippen LogP contribution in [0.4, 0.5) is 10.5 Å². The normalized spacial score (nSPS) is 15.2. The second-order valence-corrected chi connectivity index (χ2v) is 25.4. The van der Waals surface area contributed by atoms with Gasteiger partial charge in [-0.1, -0.05) is 111 Å². The van der Waals surface area contributed by atoms with E-state index >= 15 is 0 Å². The number of alkyl carbamates (subject to hydrolysis) is 1. The molecular weight excluding hydrogens is 1070 g/mol. The number of aryl methyl sites for hydroxylation is 1. The number of hydrogen-bond donors (Lipinski definition) is 4. The third kappa shape index (κ3) is 18.1. The van der Waals surface area contributed by atoms with Crippen molar-refractivity contribution in [2.24, 2.45) is 22.2 Å². The molecule has 4 atom stereocenters. The van der Waals surface area contributed by atoms with Crippen molar-refractivity contribution in [3.63, 3.8) is 0 Å². The molecule has 1 fully saturated rings. The first-order valence-electron chi connectivity index (χ1n) is 28.5. The monoisotopic (exact) mass is 1160 g/mol. The Morgan fingerprint density at radius 2 is 1.52 bits per heavy atom. The summed E-state index contributed by atoms with van der Waals surface area (Å²) in [5.41, 5.74) is 6.32. The summed E-state index contributed by atoms with van der Waals surface area (Å²) in [4.78, 5) is 69.8. The minimum absolute atomic E-state index is 0.0204. The molecule has 0 aliphatic carbocycles. The summed E-state index contributed by atoms with van der Waals surface area (Å²) in [6.45, 7) is 17.2. The molecule has 4 unspecified atom stereocenters. The first-order valence-corrected chi connectivity index (χ1v) is 30.0. The largest absolute Gasteiger partial charge is 0.493 e. The van der Waals surface area contributed by atoms with E-state index in [-0.39, 0.29) is 62.5 Å². The van der Waals surface area contributed by atoms with Crippen molar-refractivity contribution in [3.8, 4) is 17.2 Å². The van der Waals surface area contributed by atoms with Gasteiger partial charge in [-0.2, -0.15) is 4.31 Å². The number of rotatable bonds is 31. The average molecular weight is 1160 g/mol. The van der Waals surface area contributed by atoms with Gasteiger partial charge in [0.25, 0.3) is 5.91 Å². The molecule has 0 spiro atoms. The Bertz CT molecular complexity index is 2860.